The number of pyridine rings is 1. The van der Waals surface area contributed by atoms with E-state index in [1.54, 1.807) is 0 Å². The molecule has 1 aliphatic carbocycles. The van der Waals surface area contributed by atoms with Crippen LogP contribution in [0.25, 0.3) is 0 Å². The first-order chi connectivity index (χ1) is 9.33. The Bertz CT molecular complexity index is 417. The van der Waals surface area contributed by atoms with Crippen LogP contribution in [0.15, 0.2) is 18.3 Å². The van der Waals surface area contributed by atoms with E-state index in [9.17, 15) is 0 Å². The van der Waals surface area contributed by atoms with Crippen molar-refractivity contribution in [2.24, 2.45) is 0 Å². The molecule has 2 rings (SSSR count). The molecule has 0 bridgehead atoms. The van der Waals surface area contributed by atoms with Crippen LogP contribution in [-0.2, 0) is 6.54 Å². The fourth-order valence-electron chi connectivity index (χ4n) is 2.13. The Hall–Kier alpha value is -1.60. The van der Waals surface area contributed by atoms with E-state index >= 15 is 0 Å². The van der Waals surface area contributed by atoms with Crippen molar-refractivity contribution in [2.45, 2.75) is 45.2 Å². The SMILES string of the molecule is CCCNc1ccc(CN(CCC#N)C2CC2)cn1. The molecule has 1 fully saturated rings. The number of hydrogen-bond donors (Lipinski definition) is 1. The highest BCUT2D eigenvalue weighted by Crippen LogP contribution is 2.28. The van der Waals surface area contributed by atoms with E-state index in [1.165, 1.54) is 18.4 Å². The van der Waals surface area contributed by atoms with Crippen molar-refractivity contribution in [1.82, 2.24) is 9.88 Å². The molecule has 1 aromatic heterocycles. The van der Waals surface area contributed by atoms with E-state index in [-0.39, 0.29) is 0 Å². The molecule has 0 saturated heterocycles. The Morgan fingerprint density at radius 2 is 2.32 bits per heavy atom. The van der Waals surface area contributed by atoms with Crippen molar-refractivity contribution in [3.63, 3.8) is 0 Å². The number of anilines is 1. The van der Waals surface area contributed by atoms with Gasteiger partial charge in [-0.05, 0) is 30.9 Å². The highest BCUT2D eigenvalue weighted by molar-refractivity contribution is 5.35. The standard InChI is InChI=1S/C15H22N4/c1-2-9-17-15-7-4-13(11-18-15)12-19(10-3-8-16)14-5-6-14/h4,7,11,14H,2-3,5-6,9-10,12H2,1H3,(H,17,18). The molecule has 0 spiro atoms. The van der Waals surface area contributed by atoms with Crippen molar-refractivity contribution >= 4 is 5.82 Å². The van der Waals surface area contributed by atoms with E-state index in [0.717, 1.165) is 31.9 Å². The van der Waals surface area contributed by atoms with Crippen molar-refractivity contribution in [2.75, 3.05) is 18.4 Å². The number of nitriles is 1. The monoisotopic (exact) mass is 258 g/mol. The van der Waals surface area contributed by atoms with Crippen molar-refractivity contribution in [3.8, 4) is 6.07 Å². The lowest BCUT2D eigenvalue weighted by molar-refractivity contribution is 0.260. The molecule has 1 saturated carbocycles. The molecule has 1 aliphatic rings. The number of aromatic nitrogens is 1. The Balaban J connectivity index is 1.88. The molecular formula is C15H22N4. The zero-order chi connectivity index (χ0) is 13.5. The average molecular weight is 258 g/mol. The number of hydrogen-bond acceptors (Lipinski definition) is 4. The number of nitrogens with zero attached hydrogens (tertiary/aromatic N) is 3. The van der Waals surface area contributed by atoms with Gasteiger partial charge in [-0.2, -0.15) is 5.26 Å². The lowest BCUT2D eigenvalue weighted by Crippen LogP contribution is -2.26. The number of rotatable bonds is 8. The molecule has 1 aromatic rings. The summed E-state index contributed by atoms with van der Waals surface area (Å²) in [6.07, 6.45) is 6.21. The zero-order valence-electron chi connectivity index (χ0n) is 11.6. The maximum atomic E-state index is 8.70. The molecule has 0 aliphatic heterocycles. The first-order valence-electron chi connectivity index (χ1n) is 7.13. The van der Waals surface area contributed by atoms with Crippen LogP contribution in [0.2, 0.25) is 0 Å². The molecule has 102 valence electrons. The predicted octanol–water partition coefficient (Wildman–Crippen LogP) is 2.78. The molecule has 0 aromatic carbocycles. The average Bonchev–Trinajstić information content (AvgIpc) is 3.27. The van der Waals surface area contributed by atoms with Crippen LogP contribution >= 0.6 is 0 Å². The van der Waals surface area contributed by atoms with Crippen molar-refractivity contribution in [1.29, 1.82) is 5.26 Å². The van der Waals surface area contributed by atoms with Gasteiger partial charge in [0, 0.05) is 38.3 Å². The Labute approximate surface area is 115 Å². The van der Waals surface area contributed by atoms with Gasteiger partial charge in [0.1, 0.15) is 5.82 Å². The van der Waals surface area contributed by atoms with Gasteiger partial charge in [0.25, 0.3) is 0 Å². The Kier molecular flexibility index (Phi) is 5.17. The third-order valence-corrected chi connectivity index (χ3v) is 3.34. The second-order valence-electron chi connectivity index (χ2n) is 5.09. The number of nitrogens with one attached hydrogen (secondary N) is 1. The first kappa shape index (κ1) is 13.8. The van der Waals surface area contributed by atoms with Gasteiger partial charge in [-0.25, -0.2) is 4.98 Å². The molecule has 0 radical (unpaired) electrons. The molecule has 1 N–H and O–H groups in total. The third kappa shape index (κ3) is 4.53. The molecule has 4 nitrogen and oxygen atoms in total. The van der Waals surface area contributed by atoms with E-state index in [1.807, 2.05) is 12.3 Å². The summed E-state index contributed by atoms with van der Waals surface area (Å²) in [5.41, 5.74) is 1.23. The fraction of sp³-hybridized carbons (Fsp3) is 0.600. The minimum Gasteiger partial charge on any atom is -0.370 e. The fourth-order valence-corrected chi connectivity index (χ4v) is 2.13. The maximum Gasteiger partial charge on any atom is 0.125 e. The van der Waals surface area contributed by atoms with Crippen LogP contribution in [0.4, 0.5) is 5.82 Å². The van der Waals surface area contributed by atoms with Crippen LogP contribution in [0, 0.1) is 11.3 Å². The van der Waals surface area contributed by atoms with E-state index in [4.69, 9.17) is 5.26 Å². The van der Waals surface area contributed by atoms with E-state index in [2.05, 4.69) is 34.3 Å². The minimum atomic E-state index is 0.611. The molecule has 0 amide bonds. The lowest BCUT2D eigenvalue weighted by atomic mass is 10.2. The van der Waals surface area contributed by atoms with Gasteiger partial charge in [-0.1, -0.05) is 13.0 Å². The van der Waals surface area contributed by atoms with Crippen LogP contribution < -0.4 is 5.32 Å². The highest BCUT2D eigenvalue weighted by Gasteiger charge is 2.28. The van der Waals surface area contributed by atoms with Crippen LogP contribution in [0.3, 0.4) is 0 Å². The van der Waals surface area contributed by atoms with Gasteiger partial charge < -0.3 is 5.32 Å². The van der Waals surface area contributed by atoms with Gasteiger partial charge in [0.05, 0.1) is 6.07 Å². The summed E-state index contributed by atoms with van der Waals surface area (Å²) < 4.78 is 0. The van der Waals surface area contributed by atoms with Crippen LogP contribution in [-0.4, -0.2) is 29.0 Å². The van der Waals surface area contributed by atoms with Crippen LogP contribution in [0.5, 0.6) is 0 Å². The summed E-state index contributed by atoms with van der Waals surface area (Å²) in [5, 5.41) is 12.0. The summed E-state index contributed by atoms with van der Waals surface area (Å²) >= 11 is 0. The second-order valence-corrected chi connectivity index (χ2v) is 5.09. The predicted molar refractivity (Wildman–Crippen MR) is 76.7 cm³/mol. The van der Waals surface area contributed by atoms with Gasteiger partial charge >= 0.3 is 0 Å². The molecule has 0 atom stereocenters. The molecule has 0 unspecified atom stereocenters. The summed E-state index contributed by atoms with van der Waals surface area (Å²) in [6, 6.07) is 7.09. The van der Waals surface area contributed by atoms with E-state index < -0.39 is 0 Å². The zero-order valence-corrected chi connectivity index (χ0v) is 11.6. The topological polar surface area (TPSA) is 52.0 Å². The smallest absolute Gasteiger partial charge is 0.125 e. The Morgan fingerprint density at radius 3 is 2.89 bits per heavy atom. The Morgan fingerprint density at radius 1 is 1.47 bits per heavy atom. The van der Waals surface area contributed by atoms with Gasteiger partial charge in [0.2, 0.25) is 0 Å². The summed E-state index contributed by atoms with van der Waals surface area (Å²) in [4.78, 5) is 6.83. The summed E-state index contributed by atoms with van der Waals surface area (Å²) in [6.45, 7) is 4.89. The lowest BCUT2D eigenvalue weighted by Gasteiger charge is -2.20. The van der Waals surface area contributed by atoms with Gasteiger partial charge in [-0.15, -0.1) is 0 Å². The molecule has 1 heterocycles. The normalized spacial score (nSPS) is 14.4. The van der Waals surface area contributed by atoms with Gasteiger partial charge in [0.15, 0.2) is 0 Å². The van der Waals surface area contributed by atoms with Crippen molar-refractivity contribution < 1.29 is 0 Å². The maximum absolute atomic E-state index is 8.70. The van der Waals surface area contributed by atoms with E-state index in [0.29, 0.717) is 12.5 Å². The minimum absolute atomic E-state index is 0.611. The second kappa shape index (κ2) is 7.10. The quantitative estimate of drug-likeness (QED) is 0.779. The van der Waals surface area contributed by atoms with Crippen LogP contribution in [0.1, 0.15) is 38.2 Å². The van der Waals surface area contributed by atoms with Gasteiger partial charge in [-0.3, -0.25) is 4.90 Å². The summed E-state index contributed by atoms with van der Waals surface area (Å²) in [7, 11) is 0. The molecule has 19 heavy (non-hydrogen) atoms. The van der Waals surface area contributed by atoms with Crippen molar-refractivity contribution in [3.05, 3.63) is 23.9 Å². The third-order valence-electron chi connectivity index (χ3n) is 3.34. The molecular weight excluding hydrogens is 236 g/mol. The summed E-state index contributed by atoms with van der Waals surface area (Å²) in [5.74, 6) is 0.945. The first-order valence-corrected chi connectivity index (χ1v) is 7.13. The molecule has 4 heteroatoms. The largest absolute Gasteiger partial charge is 0.370 e. The highest BCUT2D eigenvalue weighted by atomic mass is 15.2.